The Morgan fingerprint density at radius 3 is 2.43 bits per heavy atom. The predicted molar refractivity (Wildman–Crippen MR) is 84.7 cm³/mol. The van der Waals surface area contributed by atoms with E-state index < -0.39 is 0 Å². The molecule has 1 aliphatic rings. The van der Waals surface area contributed by atoms with E-state index in [0.717, 1.165) is 25.0 Å². The summed E-state index contributed by atoms with van der Waals surface area (Å²) in [7, 11) is 3.80. The van der Waals surface area contributed by atoms with Crippen molar-refractivity contribution >= 4 is 0 Å². The van der Waals surface area contributed by atoms with Crippen LogP contribution in [0.15, 0.2) is 6.07 Å². The Balaban J connectivity index is 2.16. The fourth-order valence-electron chi connectivity index (χ4n) is 3.51. The number of aromatic nitrogens is 2. The molecule has 1 aromatic heterocycles. The number of nitrogens with two attached hydrogens (primary N) is 1. The minimum Gasteiger partial charge on any atom is -0.377 e. The summed E-state index contributed by atoms with van der Waals surface area (Å²) in [6.45, 7) is 6.69. The van der Waals surface area contributed by atoms with E-state index in [1.54, 1.807) is 0 Å². The fourth-order valence-corrected chi connectivity index (χ4v) is 3.51. The summed E-state index contributed by atoms with van der Waals surface area (Å²) in [5.41, 5.74) is 5.47. The van der Waals surface area contributed by atoms with E-state index in [2.05, 4.69) is 30.4 Å². The molecule has 21 heavy (non-hydrogen) atoms. The monoisotopic (exact) mass is 294 g/mol. The van der Waals surface area contributed by atoms with Crippen LogP contribution in [-0.2, 0) is 18.2 Å². The van der Waals surface area contributed by atoms with Crippen LogP contribution in [-0.4, -0.2) is 28.5 Å². The molecule has 0 amide bonds. The largest absolute Gasteiger partial charge is 0.377 e. The molecule has 0 spiro atoms. The van der Waals surface area contributed by atoms with Gasteiger partial charge in [-0.1, -0.05) is 13.8 Å². The maximum Gasteiger partial charge on any atom is 0.0848 e. The number of methoxy groups -OCH3 is 1. The molecule has 5 nitrogen and oxygen atoms in total. The lowest BCUT2D eigenvalue weighted by molar-refractivity contribution is -0.0865. The molecular formula is C16H30N4O. The summed E-state index contributed by atoms with van der Waals surface area (Å²) >= 11 is 0. The molecule has 1 aliphatic carbocycles. The summed E-state index contributed by atoms with van der Waals surface area (Å²) in [4.78, 5) is 0. The molecular weight excluding hydrogens is 264 g/mol. The first-order valence-electron chi connectivity index (χ1n) is 7.83. The Hall–Kier alpha value is -0.910. The lowest BCUT2D eigenvalue weighted by Gasteiger charge is -2.46. The van der Waals surface area contributed by atoms with Crippen molar-refractivity contribution in [2.24, 2.45) is 18.3 Å². The third-order valence-electron chi connectivity index (χ3n) is 5.20. The van der Waals surface area contributed by atoms with E-state index in [1.165, 1.54) is 18.5 Å². The van der Waals surface area contributed by atoms with Gasteiger partial charge in [-0.05, 0) is 44.1 Å². The Morgan fingerprint density at radius 1 is 1.38 bits per heavy atom. The first-order valence-corrected chi connectivity index (χ1v) is 7.83. The van der Waals surface area contributed by atoms with E-state index in [4.69, 9.17) is 10.6 Å². The van der Waals surface area contributed by atoms with Gasteiger partial charge in [0.2, 0.25) is 0 Å². The summed E-state index contributed by atoms with van der Waals surface area (Å²) in [5, 5.41) is 4.42. The summed E-state index contributed by atoms with van der Waals surface area (Å²) in [6, 6.07) is 2.23. The Morgan fingerprint density at radius 2 is 2.00 bits per heavy atom. The highest BCUT2D eigenvalue weighted by molar-refractivity contribution is 5.12. The van der Waals surface area contributed by atoms with Crippen molar-refractivity contribution in [2.45, 2.75) is 64.5 Å². The molecule has 120 valence electrons. The van der Waals surface area contributed by atoms with Crippen molar-refractivity contribution in [2.75, 3.05) is 7.11 Å². The highest BCUT2D eigenvalue weighted by Crippen LogP contribution is 2.43. The van der Waals surface area contributed by atoms with Gasteiger partial charge in [-0.3, -0.25) is 16.0 Å². The molecule has 0 saturated heterocycles. The van der Waals surface area contributed by atoms with Gasteiger partial charge in [0.1, 0.15) is 0 Å². The van der Waals surface area contributed by atoms with Crippen LogP contribution in [0.4, 0.5) is 0 Å². The zero-order valence-electron chi connectivity index (χ0n) is 14.1. The topological polar surface area (TPSA) is 65.1 Å². The second kappa shape index (κ2) is 6.07. The first kappa shape index (κ1) is 16.5. The molecule has 5 heteroatoms. The van der Waals surface area contributed by atoms with Gasteiger partial charge in [-0.2, -0.15) is 5.10 Å². The molecule has 1 unspecified atom stereocenters. The number of nitrogens with zero attached hydrogens (tertiary/aromatic N) is 2. The van der Waals surface area contributed by atoms with Crippen LogP contribution in [0.5, 0.6) is 0 Å². The maximum absolute atomic E-state index is 5.97. The number of hydrogen-bond acceptors (Lipinski definition) is 4. The number of hydrogen-bond donors (Lipinski definition) is 2. The molecule has 1 heterocycles. The van der Waals surface area contributed by atoms with Crippen LogP contribution in [0, 0.1) is 12.3 Å². The van der Waals surface area contributed by atoms with E-state index in [0.29, 0.717) is 5.41 Å². The molecule has 1 saturated carbocycles. The van der Waals surface area contributed by atoms with E-state index in [-0.39, 0.29) is 11.6 Å². The molecule has 0 aromatic carbocycles. The summed E-state index contributed by atoms with van der Waals surface area (Å²) in [5.74, 6) is 5.88. The van der Waals surface area contributed by atoms with Crippen molar-refractivity contribution in [1.82, 2.24) is 15.2 Å². The highest BCUT2D eigenvalue weighted by Gasteiger charge is 2.44. The van der Waals surface area contributed by atoms with Crippen LogP contribution in [0.3, 0.4) is 0 Å². The van der Waals surface area contributed by atoms with Crippen molar-refractivity contribution in [3.8, 4) is 0 Å². The van der Waals surface area contributed by atoms with Crippen LogP contribution >= 0.6 is 0 Å². The van der Waals surface area contributed by atoms with Gasteiger partial charge in [0, 0.05) is 26.3 Å². The van der Waals surface area contributed by atoms with Gasteiger partial charge >= 0.3 is 0 Å². The van der Waals surface area contributed by atoms with E-state index >= 15 is 0 Å². The molecule has 2 rings (SSSR count). The second-order valence-electron chi connectivity index (χ2n) is 7.26. The quantitative estimate of drug-likeness (QED) is 0.645. The smallest absolute Gasteiger partial charge is 0.0848 e. The Kier molecular flexibility index (Phi) is 4.76. The number of hydrazine groups is 1. The van der Waals surface area contributed by atoms with Crippen molar-refractivity contribution in [3.63, 3.8) is 0 Å². The van der Waals surface area contributed by atoms with E-state index in [1.807, 2.05) is 25.8 Å². The maximum atomic E-state index is 5.97. The first-order chi connectivity index (χ1) is 9.82. The Bertz CT molecular complexity index is 471. The van der Waals surface area contributed by atoms with Gasteiger partial charge in [0.25, 0.3) is 0 Å². The predicted octanol–water partition coefficient (Wildman–Crippen LogP) is 2.09. The zero-order chi connectivity index (χ0) is 15.7. The molecule has 0 radical (unpaired) electrons. The second-order valence-corrected chi connectivity index (χ2v) is 7.26. The summed E-state index contributed by atoms with van der Waals surface area (Å²) < 4.78 is 7.91. The van der Waals surface area contributed by atoms with Crippen molar-refractivity contribution < 1.29 is 4.74 Å². The minimum atomic E-state index is -0.178. The normalized spacial score (nSPS) is 22.2. The minimum absolute atomic E-state index is 0.105. The van der Waals surface area contributed by atoms with Gasteiger partial charge in [0.05, 0.1) is 17.3 Å². The molecule has 3 N–H and O–H groups in total. The van der Waals surface area contributed by atoms with Crippen molar-refractivity contribution in [1.29, 1.82) is 0 Å². The van der Waals surface area contributed by atoms with Gasteiger partial charge in [-0.15, -0.1) is 0 Å². The van der Waals surface area contributed by atoms with Crippen LogP contribution in [0.25, 0.3) is 0 Å². The number of nitrogens with one attached hydrogen (secondary N) is 1. The fraction of sp³-hybridized carbons (Fsp3) is 0.812. The Labute approximate surface area is 128 Å². The lowest BCUT2D eigenvalue weighted by atomic mass is 9.68. The molecule has 0 bridgehead atoms. The summed E-state index contributed by atoms with van der Waals surface area (Å²) in [6.07, 6.45) is 5.26. The van der Waals surface area contributed by atoms with Gasteiger partial charge in [0.15, 0.2) is 0 Å². The van der Waals surface area contributed by atoms with Crippen LogP contribution in [0.1, 0.15) is 50.9 Å². The average Bonchev–Trinajstić information content (AvgIpc) is 2.75. The third-order valence-corrected chi connectivity index (χ3v) is 5.20. The van der Waals surface area contributed by atoms with Gasteiger partial charge < -0.3 is 4.74 Å². The zero-order valence-corrected chi connectivity index (χ0v) is 14.1. The molecule has 1 atom stereocenters. The van der Waals surface area contributed by atoms with Crippen LogP contribution < -0.4 is 11.3 Å². The lowest BCUT2D eigenvalue weighted by Crippen LogP contribution is -2.57. The van der Waals surface area contributed by atoms with Gasteiger partial charge in [-0.25, -0.2) is 0 Å². The number of rotatable bonds is 5. The van der Waals surface area contributed by atoms with Crippen molar-refractivity contribution in [3.05, 3.63) is 17.5 Å². The standard InChI is InChI=1S/C16H30N4O/c1-12-10-13(20(4)19-12)11-14(18-17)16(21-5)8-6-15(2,3)7-9-16/h10,14,18H,6-9,11,17H2,1-5H3. The van der Waals surface area contributed by atoms with Crippen LogP contribution in [0.2, 0.25) is 0 Å². The average molecular weight is 294 g/mol. The number of ether oxygens (including phenoxy) is 1. The SMILES string of the molecule is COC1(C(Cc2cc(C)nn2C)NN)CCC(C)(C)CC1. The van der Waals surface area contributed by atoms with E-state index in [9.17, 15) is 0 Å². The highest BCUT2D eigenvalue weighted by atomic mass is 16.5. The number of aryl methyl sites for hydroxylation is 2. The molecule has 0 aliphatic heterocycles. The third kappa shape index (κ3) is 3.47. The molecule has 1 fully saturated rings. The molecule has 1 aromatic rings.